The Bertz CT molecular complexity index is 922. The van der Waals surface area contributed by atoms with Gasteiger partial charge in [-0.1, -0.05) is 66.2 Å². The molecule has 4 heteroatoms. The Hall–Kier alpha value is -3.11. The predicted molar refractivity (Wildman–Crippen MR) is 109 cm³/mol. The summed E-state index contributed by atoms with van der Waals surface area (Å²) in [6, 6.07) is 26.4. The molecule has 4 rings (SSSR count). The number of carbonyl (C=O) groups is 1. The minimum absolute atomic E-state index is 0.0130. The van der Waals surface area contributed by atoms with Crippen LogP contribution in [0.1, 0.15) is 22.9 Å². The van der Waals surface area contributed by atoms with Crippen LogP contribution in [0.25, 0.3) is 0 Å². The Labute approximate surface area is 159 Å². The fourth-order valence-electron chi connectivity index (χ4n) is 3.45. The van der Waals surface area contributed by atoms with Gasteiger partial charge in [0.1, 0.15) is 6.17 Å². The number of anilines is 2. The lowest BCUT2D eigenvalue weighted by molar-refractivity contribution is -0.118. The Morgan fingerprint density at radius 1 is 1.00 bits per heavy atom. The first-order chi connectivity index (χ1) is 13.2. The molecular formula is C23H23N3O. The third-order valence-corrected chi connectivity index (χ3v) is 4.85. The number of rotatable bonds is 4. The molecule has 2 N–H and O–H groups in total. The average Bonchev–Trinajstić information content (AvgIpc) is 2.70. The van der Waals surface area contributed by atoms with Gasteiger partial charge in [-0.15, -0.1) is 0 Å². The van der Waals surface area contributed by atoms with E-state index in [1.54, 1.807) is 0 Å². The lowest BCUT2D eigenvalue weighted by atomic mass is 10.0. The predicted octanol–water partition coefficient (Wildman–Crippen LogP) is 4.56. The monoisotopic (exact) mass is 357 g/mol. The van der Waals surface area contributed by atoms with Crippen LogP contribution >= 0.6 is 0 Å². The van der Waals surface area contributed by atoms with Crippen LogP contribution in [-0.4, -0.2) is 17.4 Å². The molecule has 0 fully saturated rings. The molecule has 1 aliphatic rings. The molecule has 4 nitrogen and oxygen atoms in total. The number of nitrogens with zero attached hydrogens (tertiary/aromatic N) is 1. The topological polar surface area (TPSA) is 44.4 Å². The van der Waals surface area contributed by atoms with Crippen molar-refractivity contribution in [2.75, 3.05) is 17.2 Å². The second-order valence-electron chi connectivity index (χ2n) is 6.93. The van der Waals surface area contributed by atoms with Crippen LogP contribution < -0.4 is 10.6 Å². The number of nitrogens with one attached hydrogen (secondary N) is 2. The van der Waals surface area contributed by atoms with Gasteiger partial charge in [-0.3, -0.25) is 9.69 Å². The van der Waals surface area contributed by atoms with Gasteiger partial charge in [0.15, 0.2) is 0 Å². The summed E-state index contributed by atoms with van der Waals surface area (Å²) in [5, 5.41) is 6.59. The zero-order valence-electron chi connectivity index (χ0n) is 15.4. The van der Waals surface area contributed by atoms with E-state index >= 15 is 0 Å². The third-order valence-electron chi connectivity index (χ3n) is 4.85. The molecule has 0 radical (unpaired) electrons. The molecule has 1 heterocycles. The van der Waals surface area contributed by atoms with Crippen molar-refractivity contribution in [3.05, 3.63) is 95.6 Å². The highest BCUT2D eigenvalue weighted by Gasteiger charge is 2.28. The van der Waals surface area contributed by atoms with E-state index < -0.39 is 0 Å². The Morgan fingerprint density at radius 2 is 1.70 bits per heavy atom. The van der Waals surface area contributed by atoms with Crippen LogP contribution in [0.15, 0.2) is 78.9 Å². The van der Waals surface area contributed by atoms with Crippen molar-refractivity contribution in [1.29, 1.82) is 0 Å². The molecule has 0 saturated heterocycles. The van der Waals surface area contributed by atoms with E-state index in [-0.39, 0.29) is 12.1 Å². The van der Waals surface area contributed by atoms with Crippen LogP contribution in [0.2, 0.25) is 0 Å². The van der Waals surface area contributed by atoms with Crippen LogP contribution in [-0.2, 0) is 11.3 Å². The molecule has 27 heavy (non-hydrogen) atoms. The number of carbonyl (C=O) groups excluding carboxylic acids is 1. The highest BCUT2D eigenvalue weighted by molar-refractivity contribution is 5.92. The van der Waals surface area contributed by atoms with Gasteiger partial charge < -0.3 is 10.6 Å². The smallest absolute Gasteiger partial charge is 0.238 e. The molecule has 3 aromatic rings. The molecular weight excluding hydrogens is 334 g/mol. The standard InChI is InChI=1S/C23H23N3O/c1-17-11-13-20(14-12-17)24-22(27)16-26-15-19-9-5-6-10-21(19)25-23(26)18-7-3-2-4-8-18/h2-14,23,25H,15-16H2,1H3,(H,24,27). The van der Waals surface area contributed by atoms with E-state index in [9.17, 15) is 4.79 Å². The fraction of sp³-hybridized carbons (Fsp3) is 0.174. The number of para-hydroxylation sites is 1. The highest BCUT2D eigenvalue weighted by Crippen LogP contribution is 2.32. The molecule has 1 aliphatic heterocycles. The summed E-state index contributed by atoms with van der Waals surface area (Å²) >= 11 is 0. The summed E-state index contributed by atoms with van der Waals surface area (Å²) < 4.78 is 0. The Morgan fingerprint density at radius 3 is 2.48 bits per heavy atom. The summed E-state index contributed by atoms with van der Waals surface area (Å²) in [6.07, 6.45) is -0.0372. The van der Waals surface area contributed by atoms with E-state index in [0.717, 1.165) is 23.5 Å². The van der Waals surface area contributed by atoms with Gasteiger partial charge in [-0.2, -0.15) is 0 Å². The molecule has 1 atom stereocenters. The summed E-state index contributed by atoms with van der Waals surface area (Å²) in [4.78, 5) is 14.8. The highest BCUT2D eigenvalue weighted by atomic mass is 16.2. The molecule has 1 unspecified atom stereocenters. The van der Waals surface area contributed by atoms with Crippen molar-refractivity contribution in [3.8, 4) is 0 Å². The average molecular weight is 357 g/mol. The molecule has 3 aromatic carbocycles. The van der Waals surface area contributed by atoms with E-state index in [0.29, 0.717) is 6.54 Å². The van der Waals surface area contributed by atoms with Gasteiger partial charge in [0.05, 0.1) is 6.54 Å². The van der Waals surface area contributed by atoms with E-state index in [1.807, 2.05) is 61.5 Å². The van der Waals surface area contributed by atoms with E-state index in [4.69, 9.17) is 0 Å². The Balaban J connectivity index is 1.54. The van der Waals surface area contributed by atoms with Gasteiger partial charge in [0, 0.05) is 17.9 Å². The molecule has 136 valence electrons. The second kappa shape index (κ2) is 7.64. The van der Waals surface area contributed by atoms with Crippen molar-refractivity contribution >= 4 is 17.3 Å². The van der Waals surface area contributed by atoms with E-state index in [1.165, 1.54) is 11.1 Å². The first-order valence-electron chi connectivity index (χ1n) is 9.19. The minimum Gasteiger partial charge on any atom is -0.366 e. The molecule has 0 bridgehead atoms. The summed E-state index contributed by atoms with van der Waals surface area (Å²) in [5.74, 6) is -0.0130. The van der Waals surface area contributed by atoms with E-state index in [2.05, 4.69) is 39.8 Å². The normalized spacial score (nSPS) is 16.3. The molecule has 0 saturated carbocycles. The largest absolute Gasteiger partial charge is 0.366 e. The maximum Gasteiger partial charge on any atom is 0.238 e. The third kappa shape index (κ3) is 4.01. The number of aryl methyl sites for hydroxylation is 1. The summed E-state index contributed by atoms with van der Waals surface area (Å²) in [6.45, 7) is 3.08. The summed E-state index contributed by atoms with van der Waals surface area (Å²) in [7, 11) is 0. The van der Waals surface area contributed by atoms with Crippen LogP contribution in [0, 0.1) is 6.92 Å². The summed E-state index contributed by atoms with van der Waals surface area (Å²) in [5.41, 5.74) is 5.48. The van der Waals surface area contributed by atoms with Crippen LogP contribution in [0.5, 0.6) is 0 Å². The number of hydrogen-bond donors (Lipinski definition) is 2. The molecule has 1 amide bonds. The zero-order chi connectivity index (χ0) is 18.6. The van der Waals surface area contributed by atoms with Crippen molar-refractivity contribution in [3.63, 3.8) is 0 Å². The first-order valence-corrected chi connectivity index (χ1v) is 9.19. The van der Waals surface area contributed by atoms with Crippen molar-refractivity contribution in [2.45, 2.75) is 19.6 Å². The lowest BCUT2D eigenvalue weighted by Gasteiger charge is -2.38. The zero-order valence-corrected chi connectivity index (χ0v) is 15.4. The van der Waals surface area contributed by atoms with Gasteiger partial charge in [0.2, 0.25) is 5.91 Å². The van der Waals surface area contributed by atoms with Crippen LogP contribution in [0.3, 0.4) is 0 Å². The van der Waals surface area contributed by atoms with Crippen LogP contribution in [0.4, 0.5) is 11.4 Å². The quantitative estimate of drug-likeness (QED) is 0.719. The fourth-order valence-corrected chi connectivity index (χ4v) is 3.45. The molecule has 0 aromatic heterocycles. The number of amides is 1. The van der Waals surface area contributed by atoms with Gasteiger partial charge in [-0.05, 0) is 36.2 Å². The maximum atomic E-state index is 12.7. The lowest BCUT2D eigenvalue weighted by Crippen LogP contribution is -2.41. The number of benzene rings is 3. The van der Waals surface area contributed by atoms with Crippen molar-refractivity contribution in [1.82, 2.24) is 4.90 Å². The minimum atomic E-state index is -0.0372. The first kappa shape index (κ1) is 17.3. The van der Waals surface area contributed by atoms with Gasteiger partial charge in [-0.25, -0.2) is 0 Å². The SMILES string of the molecule is Cc1ccc(NC(=O)CN2Cc3ccccc3NC2c2ccccc2)cc1. The van der Waals surface area contributed by atoms with Crippen molar-refractivity contribution < 1.29 is 4.79 Å². The second-order valence-corrected chi connectivity index (χ2v) is 6.93. The molecule has 0 spiro atoms. The van der Waals surface area contributed by atoms with Gasteiger partial charge >= 0.3 is 0 Å². The number of fused-ring (bicyclic) bond motifs is 1. The van der Waals surface area contributed by atoms with Crippen molar-refractivity contribution in [2.24, 2.45) is 0 Å². The Kier molecular flexibility index (Phi) is 4.90. The maximum absolute atomic E-state index is 12.7. The molecule has 0 aliphatic carbocycles. The van der Waals surface area contributed by atoms with Gasteiger partial charge in [0.25, 0.3) is 0 Å². The number of hydrogen-bond acceptors (Lipinski definition) is 3.